The van der Waals surface area contributed by atoms with E-state index in [1.54, 1.807) is 6.07 Å². The third-order valence-electron chi connectivity index (χ3n) is 5.51. The van der Waals surface area contributed by atoms with Crippen molar-refractivity contribution in [3.8, 4) is 0 Å². The van der Waals surface area contributed by atoms with Gasteiger partial charge in [0.15, 0.2) is 5.69 Å². The molecule has 0 saturated heterocycles. The minimum Gasteiger partial charge on any atom is -0.421 e. The van der Waals surface area contributed by atoms with Crippen LogP contribution in [0, 0.1) is 0 Å². The van der Waals surface area contributed by atoms with Crippen molar-refractivity contribution in [2.75, 3.05) is 10.6 Å². The van der Waals surface area contributed by atoms with Crippen molar-refractivity contribution in [3.05, 3.63) is 70.6 Å². The molecule has 150 valence electrons. The zero-order valence-electron chi connectivity index (χ0n) is 16.4. The molecule has 3 aromatic rings. The highest BCUT2D eigenvalue weighted by atomic mass is 16.4. The number of carbonyl (C=O) groups is 1. The van der Waals surface area contributed by atoms with E-state index in [1.807, 2.05) is 48.5 Å². The van der Waals surface area contributed by atoms with Gasteiger partial charge < -0.3 is 15.1 Å². The molecule has 0 bridgehead atoms. The highest BCUT2D eigenvalue weighted by molar-refractivity contribution is 6.02. The number of hydrogen-bond acceptors (Lipinski definition) is 4. The second kappa shape index (κ2) is 8.95. The minimum atomic E-state index is -0.518. The van der Waals surface area contributed by atoms with E-state index in [9.17, 15) is 9.59 Å². The zero-order chi connectivity index (χ0) is 20.1. The summed E-state index contributed by atoms with van der Waals surface area (Å²) in [5, 5.41) is 7.18. The molecule has 0 spiro atoms. The van der Waals surface area contributed by atoms with Gasteiger partial charge in [0.05, 0.1) is 5.69 Å². The van der Waals surface area contributed by atoms with E-state index < -0.39 is 5.63 Å². The topological polar surface area (TPSA) is 71.3 Å². The SMILES string of the molecule is O=C(CCc1ccccc1)Nc1c(NC2CCCCC2)c2ccccc2oc1=O. The molecule has 2 N–H and O–H groups in total. The molecule has 1 amide bonds. The van der Waals surface area contributed by atoms with Gasteiger partial charge in [-0.2, -0.15) is 0 Å². The Kier molecular flexibility index (Phi) is 5.94. The Hall–Kier alpha value is -3.08. The Balaban J connectivity index is 1.59. The Bertz CT molecular complexity index is 1040. The van der Waals surface area contributed by atoms with Gasteiger partial charge in [0.1, 0.15) is 5.58 Å². The third kappa shape index (κ3) is 4.67. The fraction of sp³-hybridized carbons (Fsp3) is 0.333. The van der Waals surface area contributed by atoms with Crippen LogP contribution in [0.25, 0.3) is 11.0 Å². The molecule has 0 aliphatic heterocycles. The average Bonchev–Trinajstić information content (AvgIpc) is 2.76. The van der Waals surface area contributed by atoms with Crippen molar-refractivity contribution in [3.63, 3.8) is 0 Å². The molecule has 0 unspecified atom stereocenters. The first-order valence-electron chi connectivity index (χ1n) is 10.4. The van der Waals surface area contributed by atoms with E-state index in [1.165, 1.54) is 19.3 Å². The number of hydrogen-bond donors (Lipinski definition) is 2. The summed E-state index contributed by atoms with van der Waals surface area (Å²) in [6.45, 7) is 0. The van der Waals surface area contributed by atoms with Crippen LogP contribution in [0.1, 0.15) is 44.1 Å². The summed E-state index contributed by atoms with van der Waals surface area (Å²) < 4.78 is 5.48. The molecule has 29 heavy (non-hydrogen) atoms. The first-order valence-corrected chi connectivity index (χ1v) is 10.4. The van der Waals surface area contributed by atoms with Crippen LogP contribution in [0.5, 0.6) is 0 Å². The number of rotatable bonds is 6. The molecule has 2 aromatic carbocycles. The van der Waals surface area contributed by atoms with Gasteiger partial charge in [0.2, 0.25) is 5.91 Å². The largest absolute Gasteiger partial charge is 0.421 e. The molecule has 1 aliphatic carbocycles. The molecule has 1 saturated carbocycles. The lowest BCUT2D eigenvalue weighted by Crippen LogP contribution is -2.26. The molecular weight excluding hydrogens is 364 g/mol. The minimum absolute atomic E-state index is 0.192. The lowest BCUT2D eigenvalue weighted by atomic mass is 9.95. The summed E-state index contributed by atoms with van der Waals surface area (Å²) in [6.07, 6.45) is 6.66. The first-order chi connectivity index (χ1) is 14.2. The molecule has 5 heteroatoms. The summed E-state index contributed by atoms with van der Waals surface area (Å²) in [7, 11) is 0. The van der Waals surface area contributed by atoms with Crippen LogP contribution in [0.2, 0.25) is 0 Å². The van der Waals surface area contributed by atoms with Gasteiger partial charge >= 0.3 is 5.63 Å². The van der Waals surface area contributed by atoms with E-state index in [-0.39, 0.29) is 11.6 Å². The second-order valence-corrected chi connectivity index (χ2v) is 7.65. The Labute approximate surface area is 170 Å². The number of anilines is 2. The van der Waals surface area contributed by atoms with Crippen LogP contribution in [-0.4, -0.2) is 11.9 Å². The van der Waals surface area contributed by atoms with Crippen molar-refractivity contribution in [2.24, 2.45) is 0 Å². The van der Waals surface area contributed by atoms with E-state index in [0.717, 1.165) is 23.8 Å². The number of carbonyl (C=O) groups excluding carboxylic acids is 1. The predicted molar refractivity (Wildman–Crippen MR) is 116 cm³/mol. The lowest BCUT2D eigenvalue weighted by Gasteiger charge is -2.25. The van der Waals surface area contributed by atoms with Crippen LogP contribution >= 0.6 is 0 Å². The smallest absolute Gasteiger partial charge is 0.362 e. The lowest BCUT2D eigenvalue weighted by molar-refractivity contribution is -0.116. The maximum Gasteiger partial charge on any atom is 0.362 e. The molecular formula is C24H26N2O3. The van der Waals surface area contributed by atoms with Gasteiger partial charge in [-0.1, -0.05) is 61.7 Å². The molecule has 1 aromatic heterocycles. The highest BCUT2D eigenvalue weighted by Crippen LogP contribution is 2.31. The molecule has 1 fully saturated rings. The summed E-state index contributed by atoms with van der Waals surface area (Å²) in [6, 6.07) is 17.6. The standard InChI is InChI=1S/C24H26N2O3/c27-21(16-15-17-9-3-1-4-10-17)26-23-22(25-18-11-5-2-6-12-18)19-13-7-8-14-20(19)29-24(23)28/h1,3-4,7-10,13-14,18,25H,2,5-6,11-12,15-16H2,(H,26,27). The highest BCUT2D eigenvalue weighted by Gasteiger charge is 2.21. The molecule has 4 rings (SSSR count). The predicted octanol–water partition coefficient (Wildman–Crippen LogP) is 5.11. The number of benzene rings is 2. The Morgan fingerprint density at radius 2 is 1.66 bits per heavy atom. The van der Waals surface area contributed by atoms with Gasteiger partial charge in [-0.25, -0.2) is 4.79 Å². The first kappa shape index (κ1) is 19.2. The second-order valence-electron chi connectivity index (χ2n) is 7.65. The van der Waals surface area contributed by atoms with Crippen molar-refractivity contribution >= 4 is 28.3 Å². The summed E-state index contributed by atoms with van der Waals surface area (Å²) in [5.41, 5.74) is 1.99. The number of para-hydroxylation sites is 1. The van der Waals surface area contributed by atoms with Gasteiger partial charge in [0.25, 0.3) is 0 Å². The Morgan fingerprint density at radius 1 is 0.931 bits per heavy atom. The van der Waals surface area contributed by atoms with Crippen molar-refractivity contribution in [2.45, 2.75) is 51.0 Å². The van der Waals surface area contributed by atoms with Crippen molar-refractivity contribution < 1.29 is 9.21 Å². The van der Waals surface area contributed by atoms with E-state index in [4.69, 9.17) is 4.42 Å². The van der Waals surface area contributed by atoms with Crippen LogP contribution in [0.3, 0.4) is 0 Å². The summed E-state index contributed by atoms with van der Waals surface area (Å²) >= 11 is 0. The van der Waals surface area contributed by atoms with E-state index >= 15 is 0 Å². The van der Waals surface area contributed by atoms with E-state index in [0.29, 0.717) is 30.2 Å². The fourth-order valence-corrected chi connectivity index (χ4v) is 3.97. The van der Waals surface area contributed by atoms with Crippen molar-refractivity contribution in [1.82, 2.24) is 0 Å². The third-order valence-corrected chi connectivity index (χ3v) is 5.51. The molecule has 1 heterocycles. The van der Waals surface area contributed by atoms with Gasteiger partial charge in [-0.05, 0) is 37.0 Å². The Morgan fingerprint density at radius 3 is 2.45 bits per heavy atom. The van der Waals surface area contributed by atoms with Crippen molar-refractivity contribution in [1.29, 1.82) is 0 Å². The summed E-state index contributed by atoms with van der Waals surface area (Å²) in [4.78, 5) is 25.3. The van der Waals surface area contributed by atoms with E-state index in [2.05, 4.69) is 10.6 Å². The summed E-state index contributed by atoms with van der Waals surface area (Å²) in [5.74, 6) is -0.192. The maximum absolute atomic E-state index is 12.7. The quantitative estimate of drug-likeness (QED) is 0.574. The molecule has 0 radical (unpaired) electrons. The molecule has 1 aliphatic rings. The van der Waals surface area contributed by atoms with Gasteiger partial charge in [0, 0.05) is 17.8 Å². The van der Waals surface area contributed by atoms with Gasteiger partial charge in [-0.3, -0.25) is 4.79 Å². The average molecular weight is 390 g/mol. The number of aryl methyl sites for hydroxylation is 1. The maximum atomic E-state index is 12.7. The number of nitrogens with one attached hydrogen (secondary N) is 2. The van der Waals surface area contributed by atoms with Gasteiger partial charge in [-0.15, -0.1) is 0 Å². The molecule has 5 nitrogen and oxygen atoms in total. The number of amides is 1. The van der Waals surface area contributed by atoms with Crippen LogP contribution in [0.4, 0.5) is 11.4 Å². The number of fused-ring (bicyclic) bond motifs is 1. The normalized spacial score (nSPS) is 14.6. The zero-order valence-corrected chi connectivity index (χ0v) is 16.4. The van der Waals surface area contributed by atoms with Crippen LogP contribution in [0.15, 0.2) is 63.8 Å². The monoisotopic (exact) mass is 390 g/mol. The van der Waals surface area contributed by atoms with Crippen LogP contribution < -0.4 is 16.3 Å². The molecule has 0 atom stereocenters. The van der Waals surface area contributed by atoms with Crippen LogP contribution in [-0.2, 0) is 11.2 Å². The fourth-order valence-electron chi connectivity index (χ4n) is 3.97.